The molecule has 2 atom stereocenters. The van der Waals surface area contributed by atoms with E-state index in [1.54, 1.807) is 6.92 Å². The number of aromatic nitrogens is 1. The van der Waals surface area contributed by atoms with Crippen LogP contribution >= 0.6 is 0 Å². The molecule has 1 aliphatic heterocycles. The van der Waals surface area contributed by atoms with Crippen molar-refractivity contribution in [2.24, 2.45) is 5.92 Å². The first-order valence-corrected chi connectivity index (χ1v) is 7.58. The van der Waals surface area contributed by atoms with Crippen molar-refractivity contribution in [3.05, 3.63) is 41.1 Å². The molecule has 0 unspecified atom stereocenters. The summed E-state index contributed by atoms with van der Waals surface area (Å²) in [6, 6.07) is 4.88. The lowest BCUT2D eigenvalue weighted by atomic mass is 9.79. The van der Waals surface area contributed by atoms with Gasteiger partial charge in [0.25, 0.3) is 0 Å². The molecule has 1 N–H and O–H groups in total. The molecule has 0 radical (unpaired) electrons. The van der Waals surface area contributed by atoms with E-state index in [1.807, 2.05) is 0 Å². The van der Waals surface area contributed by atoms with Crippen LogP contribution in [0.5, 0.6) is 0 Å². The Hall–Kier alpha value is -1.87. The molecule has 21 heavy (non-hydrogen) atoms. The van der Waals surface area contributed by atoms with E-state index in [4.69, 9.17) is 0 Å². The van der Waals surface area contributed by atoms with E-state index in [9.17, 15) is 4.79 Å². The normalized spacial score (nSPS) is 24.8. The smallest absolute Gasteiger partial charge is 0.137 e. The molecule has 0 fully saturated rings. The number of hydrogen-bond acceptors (Lipinski definition) is 2. The number of hydrogen-bond donors (Lipinski definition) is 1. The van der Waals surface area contributed by atoms with Crippen LogP contribution in [0.3, 0.4) is 0 Å². The maximum Gasteiger partial charge on any atom is 0.137 e. The van der Waals surface area contributed by atoms with Gasteiger partial charge < -0.3 is 4.98 Å². The third-order valence-corrected chi connectivity index (χ3v) is 5.01. The molecule has 3 heteroatoms. The van der Waals surface area contributed by atoms with Gasteiger partial charge in [0.15, 0.2) is 0 Å². The van der Waals surface area contributed by atoms with Gasteiger partial charge in [-0.05, 0) is 55.6 Å². The van der Waals surface area contributed by atoms with Gasteiger partial charge in [0, 0.05) is 35.6 Å². The lowest BCUT2D eigenvalue weighted by Gasteiger charge is -2.39. The first kappa shape index (κ1) is 12.8. The van der Waals surface area contributed by atoms with Gasteiger partial charge in [0.05, 0.1) is 0 Å². The zero-order chi connectivity index (χ0) is 14.7. The van der Waals surface area contributed by atoms with Gasteiger partial charge in [0.1, 0.15) is 5.78 Å². The third-order valence-electron chi connectivity index (χ3n) is 5.01. The van der Waals surface area contributed by atoms with E-state index >= 15 is 0 Å². The van der Waals surface area contributed by atoms with Crippen molar-refractivity contribution in [1.29, 1.82) is 0 Å². The summed E-state index contributed by atoms with van der Waals surface area (Å²) in [5.41, 5.74) is 6.53. The van der Waals surface area contributed by atoms with Gasteiger partial charge in [-0.15, -0.1) is 0 Å². The van der Waals surface area contributed by atoms with E-state index in [2.05, 4.69) is 48.3 Å². The highest BCUT2D eigenvalue weighted by atomic mass is 16.1. The van der Waals surface area contributed by atoms with Crippen LogP contribution in [0.2, 0.25) is 0 Å². The summed E-state index contributed by atoms with van der Waals surface area (Å²) in [5, 5.41) is 1.35. The van der Waals surface area contributed by atoms with Gasteiger partial charge >= 0.3 is 0 Å². The average Bonchev–Trinajstić information content (AvgIpc) is 2.83. The van der Waals surface area contributed by atoms with Gasteiger partial charge in [-0.1, -0.05) is 12.1 Å². The number of carbonyl (C=O) groups excluding carboxylic acids is 1. The number of nitrogens with zero attached hydrogens (tertiary/aromatic N) is 1. The lowest BCUT2D eigenvalue weighted by Crippen LogP contribution is -2.43. The molecule has 108 valence electrons. The van der Waals surface area contributed by atoms with Crippen LogP contribution in [-0.4, -0.2) is 35.3 Å². The maximum absolute atomic E-state index is 11.8. The Balaban J connectivity index is 1.98. The Morgan fingerprint density at radius 1 is 1.38 bits per heavy atom. The van der Waals surface area contributed by atoms with Crippen molar-refractivity contribution in [2.75, 3.05) is 13.6 Å². The maximum atomic E-state index is 11.8. The lowest BCUT2D eigenvalue weighted by molar-refractivity contribution is -0.120. The van der Waals surface area contributed by atoms with Crippen LogP contribution in [0.1, 0.15) is 23.6 Å². The number of Topliss-reactive ketones (excluding diaryl/α,β-unsaturated/α-hetero) is 1. The highest BCUT2D eigenvalue weighted by Gasteiger charge is 2.34. The average molecular weight is 280 g/mol. The van der Waals surface area contributed by atoms with Gasteiger partial charge in [-0.2, -0.15) is 0 Å². The second-order valence-electron chi connectivity index (χ2n) is 6.55. The highest BCUT2D eigenvalue weighted by Crippen LogP contribution is 2.41. The zero-order valence-electron chi connectivity index (χ0n) is 12.7. The van der Waals surface area contributed by atoms with Crippen molar-refractivity contribution >= 4 is 22.3 Å². The molecule has 1 aromatic carbocycles. The zero-order valence-corrected chi connectivity index (χ0v) is 12.7. The summed E-state index contributed by atoms with van der Waals surface area (Å²) in [6.07, 6.45) is 5.40. The van der Waals surface area contributed by atoms with E-state index < -0.39 is 0 Å². The van der Waals surface area contributed by atoms with Crippen molar-refractivity contribution in [2.45, 2.75) is 26.3 Å². The molecule has 0 saturated carbocycles. The first-order valence-electron chi connectivity index (χ1n) is 7.58. The number of nitrogens with one attached hydrogen (secondary N) is 1. The molecule has 0 amide bonds. The molecule has 2 heterocycles. The number of ketones is 1. The number of aromatic amines is 1. The van der Waals surface area contributed by atoms with E-state index in [0.717, 1.165) is 13.0 Å². The second-order valence-corrected chi connectivity index (χ2v) is 6.55. The Bertz CT molecular complexity index is 784. The molecular weight excluding hydrogens is 260 g/mol. The van der Waals surface area contributed by atoms with Crippen molar-refractivity contribution < 1.29 is 4.79 Å². The first-order chi connectivity index (χ1) is 10.0. The minimum atomic E-state index is 0.0253. The summed E-state index contributed by atoms with van der Waals surface area (Å²) < 4.78 is 0. The van der Waals surface area contributed by atoms with Crippen molar-refractivity contribution in [3.63, 3.8) is 0 Å². The minimum Gasteiger partial charge on any atom is -0.361 e. The molecule has 0 bridgehead atoms. The predicted octanol–water partition coefficient (Wildman–Crippen LogP) is 2.94. The minimum absolute atomic E-state index is 0.0253. The standard InChI is InChI=1S/C18H20N2O/c1-10-4-15-14-6-13(11(2)21)9-20(3)17(14)7-12-8-19-16(5-10)18(12)15/h4-6,8,13,17,19H,7,9H2,1-3H3/t13-,17-/m1/s1. The molecule has 1 aromatic heterocycles. The number of rotatable bonds is 1. The summed E-state index contributed by atoms with van der Waals surface area (Å²) in [4.78, 5) is 17.6. The van der Waals surface area contributed by atoms with Crippen LogP contribution in [0.15, 0.2) is 24.4 Å². The van der Waals surface area contributed by atoms with Crippen molar-refractivity contribution in [1.82, 2.24) is 9.88 Å². The van der Waals surface area contributed by atoms with Crippen molar-refractivity contribution in [3.8, 4) is 0 Å². The third kappa shape index (κ3) is 1.80. The Morgan fingerprint density at radius 2 is 2.19 bits per heavy atom. The summed E-state index contributed by atoms with van der Waals surface area (Å²) in [6.45, 7) is 4.67. The second kappa shape index (κ2) is 4.31. The van der Waals surface area contributed by atoms with Crippen LogP contribution in [0, 0.1) is 12.8 Å². The SMILES string of the molecule is CC(=O)[C@@H]1C=C2c3cc(C)cc4[nH]cc(c34)C[C@H]2N(C)C1. The predicted molar refractivity (Wildman–Crippen MR) is 85.3 cm³/mol. The fourth-order valence-corrected chi connectivity index (χ4v) is 3.92. The summed E-state index contributed by atoms with van der Waals surface area (Å²) >= 11 is 0. The van der Waals surface area contributed by atoms with Gasteiger partial charge in [-0.3, -0.25) is 9.69 Å². The summed E-state index contributed by atoms with van der Waals surface area (Å²) in [5.74, 6) is 0.286. The molecule has 2 aromatic rings. The largest absolute Gasteiger partial charge is 0.361 e. The fourth-order valence-electron chi connectivity index (χ4n) is 3.92. The van der Waals surface area contributed by atoms with E-state index in [0.29, 0.717) is 6.04 Å². The van der Waals surface area contributed by atoms with Gasteiger partial charge in [-0.25, -0.2) is 0 Å². The number of fused-ring (bicyclic) bond motifs is 2. The Kier molecular flexibility index (Phi) is 2.64. The number of likely N-dealkylation sites (N-methyl/N-ethyl adjacent to an activating group) is 1. The number of carbonyl (C=O) groups is 1. The quantitative estimate of drug-likeness (QED) is 0.872. The molecule has 2 aliphatic rings. The van der Waals surface area contributed by atoms with Crippen LogP contribution in [0.4, 0.5) is 0 Å². The van der Waals surface area contributed by atoms with Crippen LogP contribution in [0.25, 0.3) is 16.5 Å². The molecule has 4 rings (SSSR count). The van der Waals surface area contributed by atoms with Crippen LogP contribution < -0.4 is 0 Å². The Morgan fingerprint density at radius 3 is 2.95 bits per heavy atom. The van der Waals surface area contributed by atoms with Gasteiger partial charge in [0.2, 0.25) is 0 Å². The topological polar surface area (TPSA) is 36.1 Å². The number of aryl methyl sites for hydroxylation is 1. The molecule has 0 saturated heterocycles. The molecular formula is C18H20N2O. The number of benzene rings is 1. The number of H-pyrrole nitrogens is 1. The molecule has 3 nitrogen and oxygen atoms in total. The van der Waals surface area contributed by atoms with E-state index in [1.165, 1.54) is 33.2 Å². The molecule has 0 spiro atoms. The van der Waals surface area contributed by atoms with E-state index in [-0.39, 0.29) is 11.7 Å². The summed E-state index contributed by atoms with van der Waals surface area (Å²) in [7, 11) is 2.14. The highest BCUT2D eigenvalue weighted by molar-refractivity contribution is 5.99. The fraction of sp³-hybridized carbons (Fsp3) is 0.389. The molecule has 1 aliphatic carbocycles. The Labute approximate surface area is 124 Å². The van der Waals surface area contributed by atoms with Crippen LogP contribution in [-0.2, 0) is 11.2 Å². The monoisotopic (exact) mass is 280 g/mol.